The van der Waals surface area contributed by atoms with Gasteiger partial charge in [-0.2, -0.15) is 0 Å². The van der Waals surface area contributed by atoms with E-state index in [2.05, 4.69) is 0 Å². The van der Waals surface area contributed by atoms with Gasteiger partial charge in [-0.15, -0.1) is 0 Å². The lowest BCUT2D eigenvalue weighted by atomic mass is 10.1. The molecule has 3 aromatic carbocycles. The van der Waals surface area contributed by atoms with Crippen LogP contribution in [0.4, 0.5) is 0 Å². The Morgan fingerprint density at radius 2 is 1.39 bits per heavy atom. The van der Waals surface area contributed by atoms with Crippen molar-refractivity contribution >= 4 is 45.9 Å². The summed E-state index contributed by atoms with van der Waals surface area (Å²) in [6.45, 7) is 5.81. The van der Waals surface area contributed by atoms with Crippen LogP contribution in [0.5, 0.6) is 23.0 Å². The van der Waals surface area contributed by atoms with E-state index in [1.165, 1.54) is 6.92 Å². The first-order chi connectivity index (χ1) is 15.9. The predicted octanol–water partition coefficient (Wildman–Crippen LogP) is 6.87. The van der Waals surface area contributed by atoms with E-state index < -0.39 is 11.9 Å². The molecule has 0 saturated heterocycles. The second kappa shape index (κ2) is 11.3. The number of fused-ring (bicyclic) bond motifs is 1. The molecule has 0 fully saturated rings. The second-order valence-corrected chi connectivity index (χ2v) is 8.01. The molecular weight excluding hydrogens is 467 g/mol. The summed E-state index contributed by atoms with van der Waals surface area (Å²) in [5.41, 5.74) is 0.191. The molecule has 3 rings (SSSR count). The van der Waals surface area contributed by atoms with E-state index in [1.807, 2.05) is 13.8 Å². The molecule has 0 N–H and O–H groups in total. The normalized spacial score (nSPS) is 10.7. The minimum Gasteiger partial charge on any atom is -0.486 e. The van der Waals surface area contributed by atoms with E-state index in [0.717, 1.165) is 0 Å². The fraction of sp³-hybridized carbons (Fsp3) is 0.280. The van der Waals surface area contributed by atoms with Crippen molar-refractivity contribution in [2.24, 2.45) is 0 Å². The molecule has 0 aliphatic carbocycles. The molecule has 0 amide bonds. The molecule has 0 radical (unpaired) electrons. The monoisotopic (exact) mass is 490 g/mol. The molecule has 0 bridgehead atoms. The Bertz CT molecular complexity index is 1180. The lowest BCUT2D eigenvalue weighted by Crippen LogP contribution is -2.13. The Kier molecular flexibility index (Phi) is 8.42. The van der Waals surface area contributed by atoms with Crippen molar-refractivity contribution in [2.45, 2.75) is 33.6 Å². The zero-order valence-corrected chi connectivity index (χ0v) is 20.1. The van der Waals surface area contributed by atoms with Crippen LogP contribution in [0, 0.1) is 0 Å². The van der Waals surface area contributed by atoms with E-state index in [0.29, 0.717) is 41.9 Å². The number of esters is 2. The summed E-state index contributed by atoms with van der Waals surface area (Å²) in [5.74, 6) is -0.604. The Hall–Kier alpha value is -2.96. The van der Waals surface area contributed by atoms with Crippen molar-refractivity contribution in [1.82, 2.24) is 0 Å². The Labute approximate surface area is 202 Å². The number of rotatable bonds is 9. The minimum absolute atomic E-state index is 0.105. The number of hydrogen-bond acceptors (Lipinski definition) is 6. The average Bonchev–Trinajstić information content (AvgIpc) is 2.78. The highest BCUT2D eigenvalue weighted by molar-refractivity contribution is 6.33. The lowest BCUT2D eigenvalue weighted by molar-refractivity contribution is -0.131. The molecule has 0 aliphatic rings. The maximum Gasteiger partial charge on any atom is 0.345 e. The fourth-order valence-corrected chi connectivity index (χ4v) is 3.53. The summed E-state index contributed by atoms with van der Waals surface area (Å²) < 4.78 is 23.3. The Morgan fingerprint density at radius 3 is 1.97 bits per heavy atom. The van der Waals surface area contributed by atoms with Gasteiger partial charge in [0.25, 0.3) is 0 Å². The highest BCUT2D eigenvalue weighted by Gasteiger charge is 2.28. The fourth-order valence-electron chi connectivity index (χ4n) is 3.14. The van der Waals surface area contributed by atoms with Crippen LogP contribution in [0.2, 0.25) is 10.0 Å². The largest absolute Gasteiger partial charge is 0.486 e. The van der Waals surface area contributed by atoms with Gasteiger partial charge in [0.2, 0.25) is 11.5 Å². The standard InChI is InChI=1S/C25H24Cl2O6/c1-4-12-30-23-21(32-15(3)28)17-11-10-16(26)14-19(17)22(24(23)31-13-5-2)33-25(29)18-8-6-7-9-20(18)27/h6-11,14H,4-5,12-13H2,1-3H3. The first-order valence-electron chi connectivity index (χ1n) is 10.6. The van der Waals surface area contributed by atoms with Gasteiger partial charge in [-0.1, -0.05) is 49.2 Å². The summed E-state index contributed by atoms with van der Waals surface area (Å²) in [4.78, 5) is 25.0. The number of carbonyl (C=O) groups is 2. The molecular formula is C25H24Cl2O6. The maximum atomic E-state index is 13.1. The van der Waals surface area contributed by atoms with Crippen LogP contribution in [0.15, 0.2) is 42.5 Å². The predicted molar refractivity (Wildman–Crippen MR) is 128 cm³/mol. The summed E-state index contributed by atoms with van der Waals surface area (Å²) in [6, 6.07) is 11.5. The third-order valence-corrected chi connectivity index (χ3v) is 5.09. The molecule has 0 atom stereocenters. The van der Waals surface area contributed by atoms with Crippen LogP contribution in [0.1, 0.15) is 44.0 Å². The van der Waals surface area contributed by atoms with Crippen LogP contribution >= 0.6 is 23.2 Å². The quantitative estimate of drug-likeness (QED) is 0.240. The molecule has 8 heteroatoms. The smallest absolute Gasteiger partial charge is 0.345 e. The van der Waals surface area contributed by atoms with Gasteiger partial charge in [-0.3, -0.25) is 4.79 Å². The number of benzene rings is 3. The van der Waals surface area contributed by atoms with Crippen molar-refractivity contribution in [1.29, 1.82) is 0 Å². The average molecular weight is 491 g/mol. The third kappa shape index (κ3) is 5.70. The molecule has 0 aliphatic heterocycles. The van der Waals surface area contributed by atoms with Crippen molar-refractivity contribution in [3.8, 4) is 23.0 Å². The molecule has 0 aromatic heterocycles. The molecule has 0 spiro atoms. The van der Waals surface area contributed by atoms with Gasteiger partial charge in [0.05, 0.1) is 23.8 Å². The molecule has 0 heterocycles. The summed E-state index contributed by atoms with van der Waals surface area (Å²) in [5, 5.41) is 1.55. The summed E-state index contributed by atoms with van der Waals surface area (Å²) in [7, 11) is 0. The van der Waals surface area contributed by atoms with Crippen LogP contribution in [0.3, 0.4) is 0 Å². The molecule has 33 heavy (non-hydrogen) atoms. The van der Waals surface area contributed by atoms with Crippen molar-refractivity contribution < 1.29 is 28.5 Å². The molecule has 174 valence electrons. The molecule has 6 nitrogen and oxygen atoms in total. The van der Waals surface area contributed by atoms with Crippen LogP contribution in [-0.2, 0) is 4.79 Å². The van der Waals surface area contributed by atoms with Crippen LogP contribution in [-0.4, -0.2) is 25.2 Å². The van der Waals surface area contributed by atoms with Gasteiger partial charge in [-0.25, -0.2) is 4.79 Å². The van der Waals surface area contributed by atoms with E-state index in [4.69, 9.17) is 42.1 Å². The van der Waals surface area contributed by atoms with E-state index in [-0.39, 0.29) is 33.6 Å². The number of carbonyl (C=O) groups excluding carboxylic acids is 2. The lowest BCUT2D eigenvalue weighted by Gasteiger charge is -2.21. The first kappa shape index (κ1) is 24.7. The van der Waals surface area contributed by atoms with E-state index in [9.17, 15) is 9.59 Å². The topological polar surface area (TPSA) is 71.1 Å². The zero-order chi connectivity index (χ0) is 24.0. The Balaban J connectivity index is 2.30. The Morgan fingerprint density at radius 1 is 0.788 bits per heavy atom. The van der Waals surface area contributed by atoms with E-state index in [1.54, 1.807) is 42.5 Å². The molecule has 3 aromatic rings. The molecule has 0 saturated carbocycles. The van der Waals surface area contributed by atoms with Gasteiger partial charge in [0.1, 0.15) is 0 Å². The summed E-state index contributed by atoms with van der Waals surface area (Å²) in [6.07, 6.45) is 1.38. The van der Waals surface area contributed by atoms with Crippen LogP contribution in [0.25, 0.3) is 10.8 Å². The van der Waals surface area contributed by atoms with Gasteiger partial charge in [0.15, 0.2) is 11.5 Å². The van der Waals surface area contributed by atoms with E-state index >= 15 is 0 Å². The zero-order valence-electron chi connectivity index (χ0n) is 18.6. The van der Waals surface area contributed by atoms with Crippen molar-refractivity contribution in [2.75, 3.05) is 13.2 Å². The van der Waals surface area contributed by atoms with Gasteiger partial charge >= 0.3 is 11.9 Å². The van der Waals surface area contributed by atoms with Gasteiger partial charge in [0, 0.05) is 22.7 Å². The number of halogens is 2. The minimum atomic E-state index is -0.676. The highest BCUT2D eigenvalue weighted by Crippen LogP contribution is 2.52. The highest BCUT2D eigenvalue weighted by atomic mass is 35.5. The van der Waals surface area contributed by atoms with Crippen molar-refractivity contribution in [3.05, 3.63) is 58.1 Å². The third-order valence-electron chi connectivity index (χ3n) is 4.52. The SMILES string of the molecule is CCCOc1c(OCCC)c(OC(=O)c2ccccc2Cl)c2cc(Cl)ccc2c1OC(C)=O. The number of hydrogen-bond donors (Lipinski definition) is 0. The van der Waals surface area contributed by atoms with Crippen LogP contribution < -0.4 is 18.9 Å². The number of ether oxygens (including phenoxy) is 4. The van der Waals surface area contributed by atoms with Gasteiger partial charge in [-0.05, 0) is 43.2 Å². The van der Waals surface area contributed by atoms with Crippen molar-refractivity contribution in [3.63, 3.8) is 0 Å². The first-order valence-corrected chi connectivity index (χ1v) is 11.3. The van der Waals surface area contributed by atoms with Gasteiger partial charge < -0.3 is 18.9 Å². The molecule has 0 unspecified atom stereocenters. The maximum absolute atomic E-state index is 13.1. The summed E-state index contributed by atoms with van der Waals surface area (Å²) >= 11 is 12.5. The second-order valence-electron chi connectivity index (χ2n) is 7.17.